The van der Waals surface area contributed by atoms with E-state index in [0.29, 0.717) is 12.1 Å². The highest BCUT2D eigenvalue weighted by Gasteiger charge is 2.27. The Labute approximate surface area is 199 Å². The zero-order valence-electron chi connectivity index (χ0n) is 19.1. The first-order valence-corrected chi connectivity index (χ1v) is 11.0. The molecule has 1 aromatic carbocycles. The number of piperidine rings is 1. The standard InChI is InChI=1S/C23H39N5O.HI/c1-5-6-14-25-21(29)20-12-10-19(11-13-20)17-26-22(24-4)27-18-23(2,3)28-15-8-7-9-16-28;/h10-13H,5-9,14-18H2,1-4H3,(H,25,29)(H2,24,26,27);1H. The van der Waals surface area contributed by atoms with Crippen LogP contribution >= 0.6 is 24.0 Å². The van der Waals surface area contributed by atoms with Gasteiger partial charge in [-0.25, -0.2) is 0 Å². The third kappa shape index (κ3) is 8.79. The molecule has 2 rings (SSSR count). The van der Waals surface area contributed by atoms with Gasteiger partial charge in [0.15, 0.2) is 5.96 Å². The van der Waals surface area contributed by atoms with E-state index in [-0.39, 0.29) is 35.4 Å². The fourth-order valence-corrected chi connectivity index (χ4v) is 3.57. The van der Waals surface area contributed by atoms with Crippen molar-refractivity contribution in [2.45, 2.75) is 65.0 Å². The minimum Gasteiger partial charge on any atom is -0.355 e. The van der Waals surface area contributed by atoms with Gasteiger partial charge in [-0.15, -0.1) is 24.0 Å². The topological polar surface area (TPSA) is 68.8 Å². The maximum Gasteiger partial charge on any atom is 0.251 e. The van der Waals surface area contributed by atoms with Crippen molar-refractivity contribution in [2.24, 2.45) is 4.99 Å². The lowest BCUT2D eigenvalue weighted by atomic mass is 9.98. The number of amides is 1. The summed E-state index contributed by atoms with van der Waals surface area (Å²) in [5.41, 5.74) is 1.93. The van der Waals surface area contributed by atoms with Crippen molar-refractivity contribution in [2.75, 3.05) is 33.2 Å². The molecule has 7 heteroatoms. The fraction of sp³-hybridized carbons (Fsp3) is 0.652. The Morgan fingerprint density at radius 2 is 1.73 bits per heavy atom. The number of guanidine groups is 1. The van der Waals surface area contributed by atoms with Gasteiger partial charge in [-0.2, -0.15) is 0 Å². The Morgan fingerprint density at radius 3 is 2.33 bits per heavy atom. The van der Waals surface area contributed by atoms with Crippen LogP contribution in [0.3, 0.4) is 0 Å². The molecule has 30 heavy (non-hydrogen) atoms. The van der Waals surface area contributed by atoms with E-state index in [2.05, 4.69) is 46.6 Å². The number of benzene rings is 1. The Hall–Kier alpha value is -1.35. The number of nitrogens with zero attached hydrogens (tertiary/aromatic N) is 2. The second-order valence-electron chi connectivity index (χ2n) is 8.45. The van der Waals surface area contributed by atoms with Crippen LogP contribution in [0.25, 0.3) is 0 Å². The van der Waals surface area contributed by atoms with Gasteiger partial charge in [0.05, 0.1) is 0 Å². The molecule has 0 aliphatic carbocycles. The van der Waals surface area contributed by atoms with Crippen LogP contribution in [0.5, 0.6) is 0 Å². The summed E-state index contributed by atoms with van der Waals surface area (Å²) in [4.78, 5) is 19.0. The predicted octanol–water partition coefficient (Wildman–Crippen LogP) is 3.76. The largest absolute Gasteiger partial charge is 0.355 e. The van der Waals surface area contributed by atoms with E-state index in [1.807, 2.05) is 24.3 Å². The van der Waals surface area contributed by atoms with Gasteiger partial charge in [0.1, 0.15) is 0 Å². The number of aliphatic imine (C=N–C) groups is 1. The molecule has 0 aromatic heterocycles. The maximum atomic E-state index is 12.1. The van der Waals surface area contributed by atoms with Crippen LogP contribution in [0.2, 0.25) is 0 Å². The van der Waals surface area contributed by atoms with Crippen LogP contribution in [-0.4, -0.2) is 55.5 Å². The lowest BCUT2D eigenvalue weighted by Gasteiger charge is -2.41. The van der Waals surface area contributed by atoms with Crippen molar-refractivity contribution < 1.29 is 4.79 Å². The van der Waals surface area contributed by atoms with Crippen molar-refractivity contribution >= 4 is 35.8 Å². The van der Waals surface area contributed by atoms with Crippen LogP contribution in [0.4, 0.5) is 0 Å². The van der Waals surface area contributed by atoms with Gasteiger partial charge in [0.25, 0.3) is 5.91 Å². The summed E-state index contributed by atoms with van der Waals surface area (Å²) >= 11 is 0. The van der Waals surface area contributed by atoms with Gasteiger partial charge in [-0.1, -0.05) is 31.9 Å². The van der Waals surface area contributed by atoms with E-state index < -0.39 is 0 Å². The molecule has 0 spiro atoms. The molecule has 0 radical (unpaired) electrons. The summed E-state index contributed by atoms with van der Waals surface area (Å²) in [6.45, 7) is 11.3. The monoisotopic (exact) mass is 529 g/mol. The lowest BCUT2D eigenvalue weighted by Crippen LogP contribution is -2.54. The quantitative estimate of drug-likeness (QED) is 0.197. The first kappa shape index (κ1) is 26.7. The third-order valence-electron chi connectivity index (χ3n) is 5.62. The number of likely N-dealkylation sites (tertiary alicyclic amines) is 1. The molecular weight excluding hydrogens is 489 g/mol. The van der Waals surface area contributed by atoms with Crippen molar-refractivity contribution in [3.63, 3.8) is 0 Å². The number of hydrogen-bond acceptors (Lipinski definition) is 3. The molecule has 1 aliphatic rings. The lowest BCUT2D eigenvalue weighted by molar-refractivity contribution is 0.0953. The zero-order valence-corrected chi connectivity index (χ0v) is 21.4. The Bertz CT molecular complexity index is 654. The average Bonchev–Trinajstić information content (AvgIpc) is 2.75. The summed E-state index contributed by atoms with van der Waals surface area (Å²) in [6, 6.07) is 7.75. The number of rotatable bonds is 9. The molecule has 1 aromatic rings. The average molecular weight is 530 g/mol. The van der Waals surface area contributed by atoms with Crippen LogP contribution in [0.1, 0.15) is 68.8 Å². The third-order valence-corrected chi connectivity index (χ3v) is 5.62. The van der Waals surface area contributed by atoms with E-state index in [4.69, 9.17) is 0 Å². The van der Waals surface area contributed by atoms with Gasteiger partial charge in [-0.05, 0) is 63.9 Å². The minimum absolute atomic E-state index is 0. The number of carbonyl (C=O) groups excluding carboxylic acids is 1. The van der Waals surface area contributed by atoms with Gasteiger partial charge < -0.3 is 16.0 Å². The number of nitrogens with one attached hydrogen (secondary N) is 3. The van der Waals surface area contributed by atoms with Gasteiger partial charge in [0.2, 0.25) is 0 Å². The van der Waals surface area contributed by atoms with Crippen molar-refractivity contribution in [3.8, 4) is 0 Å². The van der Waals surface area contributed by atoms with Crippen molar-refractivity contribution in [1.29, 1.82) is 0 Å². The molecule has 6 nitrogen and oxygen atoms in total. The summed E-state index contributed by atoms with van der Waals surface area (Å²) in [6.07, 6.45) is 6.03. The smallest absolute Gasteiger partial charge is 0.251 e. The second-order valence-corrected chi connectivity index (χ2v) is 8.45. The van der Waals surface area contributed by atoms with E-state index in [1.54, 1.807) is 7.05 Å². The molecule has 1 saturated heterocycles. The molecule has 0 saturated carbocycles. The molecular formula is C23H40IN5O. The molecule has 170 valence electrons. The van der Waals surface area contributed by atoms with Gasteiger partial charge in [-0.3, -0.25) is 14.7 Å². The highest BCUT2D eigenvalue weighted by molar-refractivity contribution is 14.0. The van der Waals surface area contributed by atoms with Gasteiger partial charge >= 0.3 is 0 Å². The first-order valence-electron chi connectivity index (χ1n) is 11.0. The van der Waals surface area contributed by atoms with Crippen LogP contribution in [0.15, 0.2) is 29.3 Å². The first-order chi connectivity index (χ1) is 14.0. The number of hydrogen-bond donors (Lipinski definition) is 3. The number of unbranched alkanes of at least 4 members (excludes halogenated alkanes) is 1. The predicted molar refractivity (Wildman–Crippen MR) is 137 cm³/mol. The molecule has 1 aliphatic heterocycles. The van der Waals surface area contributed by atoms with Crippen molar-refractivity contribution in [3.05, 3.63) is 35.4 Å². The summed E-state index contributed by atoms with van der Waals surface area (Å²) < 4.78 is 0. The summed E-state index contributed by atoms with van der Waals surface area (Å²) in [5, 5.41) is 9.79. The minimum atomic E-state index is -0.00428. The Kier molecular flexibility index (Phi) is 12.3. The molecule has 1 amide bonds. The molecule has 0 bridgehead atoms. The molecule has 0 unspecified atom stereocenters. The molecule has 0 atom stereocenters. The summed E-state index contributed by atoms with van der Waals surface area (Å²) in [5.74, 6) is 0.798. The molecule has 1 fully saturated rings. The van der Waals surface area contributed by atoms with Crippen LogP contribution in [-0.2, 0) is 6.54 Å². The Balaban J connectivity index is 0.00000450. The Morgan fingerprint density at radius 1 is 1.07 bits per heavy atom. The van der Waals surface area contributed by atoms with E-state index in [1.165, 1.54) is 32.4 Å². The number of halogens is 1. The van der Waals surface area contributed by atoms with Crippen LogP contribution in [0, 0.1) is 0 Å². The van der Waals surface area contributed by atoms with E-state index in [9.17, 15) is 4.79 Å². The highest BCUT2D eigenvalue weighted by Crippen LogP contribution is 2.19. The molecule has 3 N–H and O–H groups in total. The second kappa shape index (κ2) is 13.9. The highest BCUT2D eigenvalue weighted by atomic mass is 127. The normalized spacial score (nSPS) is 15.3. The van der Waals surface area contributed by atoms with Gasteiger partial charge in [0, 0.05) is 37.8 Å². The van der Waals surface area contributed by atoms with E-state index in [0.717, 1.165) is 37.5 Å². The van der Waals surface area contributed by atoms with E-state index >= 15 is 0 Å². The maximum absolute atomic E-state index is 12.1. The summed E-state index contributed by atoms with van der Waals surface area (Å²) in [7, 11) is 1.80. The molecule has 1 heterocycles. The van der Waals surface area contributed by atoms with Crippen LogP contribution < -0.4 is 16.0 Å². The van der Waals surface area contributed by atoms with Crippen molar-refractivity contribution in [1.82, 2.24) is 20.9 Å². The number of carbonyl (C=O) groups is 1. The fourth-order valence-electron chi connectivity index (χ4n) is 3.57. The zero-order chi connectivity index (χ0) is 21.1. The SMILES string of the molecule is CCCCNC(=O)c1ccc(CNC(=NC)NCC(C)(C)N2CCCCC2)cc1.I.